The van der Waals surface area contributed by atoms with Crippen LogP contribution in [0.3, 0.4) is 0 Å². The molecule has 7 N–H and O–H groups in total. The lowest BCUT2D eigenvalue weighted by Crippen LogP contribution is -2.67. The zero-order chi connectivity index (χ0) is 33.3. The Balaban J connectivity index is 1.21. The van der Waals surface area contributed by atoms with Gasteiger partial charge in [-0.2, -0.15) is 0 Å². The number of halogens is 2. The maximum atomic E-state index is 15.1. The zero-order valence-electron chi connectivity index (χ0n) is 25.1. The second-order valence-electron chi connectivity index (χ2n) is 11.6. The Hall–Kier alpha value is -3.31. The zero-order valence-corrected chi connectivity index (χ0v) is 25.8. The van der Waals surface area contributed by atoms with Crippen molar-refractivity contribution in [3.63, 3.8) is 0 Å². The lowest BCUT2D eigenvalue weighted by atomic mass is 9.83. The van der Waals surface area contributed by atoms with Gasteiger partial charge in [-0.25, -0.2) is 4.39 Å². The predicted octanol–water partition coefficient (Wildman–Crippen LogP) is 1.00. The summed E-state index contributed by atoms with van der Waals surface area (Å²) in [5.41, 5.74) is 2.10. The number of amides is 1. The number of aliphatic hydroxyl groups excluding tert-OH is 4. The summed E-state index contributed by atoms with van der Waals surface area (Å²) in [6.45, 7) is 4.25. The summed E-state index contributed by atoms with van der Waals surface area (Å²) in [4.78, 5) is 18.3. The second kappa shape index (κ2) is 13.8. The van der Waals surface area contributed by atoms with Crippen molar-refractivity contribution in [1.82, 2.24) is 10.8 Å². The van der Waals surface area contributed by atoms with Crippen LogP contribution in [-0.4, -0.2) is 92.8 Å². The van der Waals surface area contributed by atoms with Gasteiger partial charge in [0.25, 0.3) is 6.29 Å². The maximum absolute atomic E-state index is 15.1. The monoisotopic (exact) mass is 666 g/mol. The van der Waals surface area contributed by atoms with Crippen LogP contribution in [0.15, 0.2) is 59.5 Å². The van der Waals surface area contributed by atoms with Crippen LogP contribution in [0.1, 0.15) is 31.9 Å². The molecule has 13 nitrogen and oxygen atoms in total. The number of allylic oxidation sites excluding steroid dienone is 1. The Morgan fingerprint density at radius 2 is 1.80 bits per heavy atom. The van der Waals surface area contributed by atoms with Crippen molar-refractivity contribution >= 4 is 23.6 Å². The molecule has 2 aliphatic heterocycles. The third-order valence-electron chi connectivity index (χ3n) is 8.07. The number of fused-ring (bicyclic) bond motifs is 1. The number of hydrogen-bond donors (Lipinski definition) is 7. The quantitative estimate of drug-likeness (QED) is 0.149. The molecule has 3 aliphatic rings. The van der Waals surface area contributed by atoms with Crippen molar-refractivity contribution in [2.75, 3.05) is 6.79 Å². The third-order valence-corrected chi connectivity index (χ3v) is 8.30. The Bertz CT molecular complexity index is 1500. The van der Waals surface area contributed by atoms with Gasteiger partial charge in [0.1, 0.15) is 43.4 Å². The fourth-order valence-electron chi connectivity index (χ4n) is 5.39. The number of carbonyl (C=O) groups excluding carboxylic acids is 1. The average molecular weight is 667 g/mol. The first kappa shape index (κ1) is 34.0. The molecule has 9 atom stereocenters. The van der Waals surface area contributed by atoms with E-state index >= 15 is 4.39 Å². The smallest absolute Gasteiger partial charge is 0.272 e. The van der Waals surface area contributed by atoms with Crippen molar-refractivity contribution < 1.29 is 58.5 Å². The number of carbonyl (C=O) groups is 1. The molecule has 0 spiro atoms. The van der Waals surface area contributed by atoms with Crippen molar-refractivity contribution in [2.24, 2.45) is 0 Å². The maximum Gasteiger partial charge on any atom is 0.272 e. The minimum absolute atomic E-state index is 0.0639. The van der Waals surface area contributed by atoms with Crippen LogP contribution in [0.2, 0.25) is 5.02 Å². The highest BCUT2D eigenvalue weighted by molar-refractivity contribution is 6.30. The summed E-state index contributed by atoms with van der Waals surface area (Å²) >= 11 is 5.98. The van der Waals surface area contributed by atoms with Crippen molar-refractivity contribution in [3.05, 3.63) is 81.5 Å². The van der Waals surface area contributed by atoms with Crippen LogP contribution in [-0.2, 0) is 30.4 Å². The Morgan fingerprint density at radius 1 is 1.09 bits per heavy atom. The SMILES string of the molecule is CC(=Cc1ccc(O[C@@H]2OC(=C(C)NOCc3cccc(Cl)c3)[C@H](O)[C@@]2(C)O)c(F)c1)C(=O)N[C@@H]1[C@H](O)[C@@H](O)[C@H]2OCO[C@H]2[C@@H]1O. The van der Waals surface area contributed by atoms with E-state index in [1.54, 1.807) is 25.1 Å². The molecular weight excluding hydrogens is 631 g/mol. The van der Waals surface area contributed by atoms with Gasteiger partial charge < -0.3 is 49.8 Å². The highest BCUT2D eigenvalue weighted by Crippen LogP contribution is 2.37. The predicted molar refractivity (Wildman–Crippen MR) is 159 cm³/mol. The summed E-state index contributed by atoms with van der Waals surface area (Å²) in [6.07, 6.45) is -7.78. The van der Waals surface area contributed by atoms with Gasteiger partial charge in [-0.1, -0.05) is 29.8 Å². The molecule has 250 valence electrons. The number of hydrogen-bond acceptors (Lipinski definition) is 12. The third kappa shape index (κ3) is 7.00. The van der Waals surface area contributed by atoms with E-state index < -0.39 is 66.3 Å². The molecule has 1 saturated carbocycles. The highest BCUT2D eigenvalue weighted by Gasteiger charge is 2.54. The molecule has 2 aromatic carbocycles. The number of aliphatic hydroxyl groups is 5. The largest absolute Gasteiger partial charge is 0.451 e. The summed E-state index contributed by atoms with van der Waals surface area (Å²) in [5.74, 6) is -1.89. The van der Waals surface area contributed by atoms with E-state index in [-0.39, 0.29) is 41.7 Å². The molecular formula is C31H36ClFN2O11. The van der Waals surface area contributed by atoms with Gasteiger partial charge in [0.05, 0.1) is 18.3 Å². The van der Waals surface area contributed by atoms with E-state index in [9.17, 15) is 30.3 Å². The molecule has 5 rings (SSSR count). The van der Waals surface area contributed by atoms with Crippen molar-refractivity contribution in [2.45, 2.75) is 81.9 Å². The topological polar surface area (TPSA) is 188 Å². The first-order valence-corrected chi connectivity index (χ1v) is 14.8. The van der Waals surface area contributed by atoms with Gasteiger partial charge in [0.15, 0.2) is 22.9 Å². The van der Waals surface area contributed by atoms with E-state index in [0.717, 1.165) is 11.6 Å². The van der Waals surface area contributed by atoms with Gasteiger partial charge in [-0.15, -0.1) is 0 Å². The van der Waals surface area contributed by atoms with Crippen molar-refractivity contribution in [3.8, 4) is 5.75 Å². The highest BCUT2D eigenvalue weighted by atomic mass is 35.5. The van der Waals surface area contributed by atoms with Gasteiger partial charge in [-0.3, -0.25) is 15.1 Å². The summed E-state index contributed by atoms with van der Waals surface area (Å²) < 4.78 is 36.9. The fourth-order valence-corrected chi connectivity index (χ4v) is 5.60. The normalized spacial score (nSPS) is 33.7. The van der Waals surface area contributed by atoms with Crippen LogP contribution in [0.25, 0.3) is 6.08 Å². The van der Waals surface area contributed by atoms with E-state index in [1.165, 1.54) is 32.1 Å². The van der Waals surface area contributed by atoms with Crippen LogP contribution in [0.4, 0.5) is 4.39 Å². The van der Waals surface area contributed by atoms with Gasteiger partial charge >= 0.3 is 0 Å². The first-order chi connectivity index (χ1) is 21.8. The number of ether oxygens (including phenoxy) is 4. The Labute approximate surface area is 268 Å². The van der Waals surface area contributed by atoms with E-state index in [1.807, 2.05) is 6.07 Å². The van der Waals surface area contributed by atoms with Crippen LogP contribution in [0.5, 0.6) is 5.75 Å². The van der Waals surface area contributed by atoms with Gasteiger partial charge in [0.2, 0.25) is 5.91 Å². The molecule has 46 heavy (non-hydrogen) atoms. The second-order valence-corrected chi connectivity index (χ2v) is 12.0. The summed E-state index contributed by atoms with van der Waals surface area (Å²) in [7, 11) is 0. The van der Waals surface area contributed by atoms with Crippen LogP contribution in [0, 0.1) is 5.82 Å². The van der Waals surface area contributed by atoms with E-state index in [0.29, 0.717) is 5.02 Å². The first-order valence-electron chi connectivity index (χ1n) is 14.4. The summed E-state index contributed by atoms with van der Waals surface area (Å²) in [6, 6.07) is 9.59. The molecule has 15 heteroatoms. The van der Waals surface area contributed by atoms with Gasteiger partial charge in [0, 0.05) is 10.6 Å². The molecule has 0 aromatic heterocycles. The summed E-state index contributed by atoms with van der Waals surface area (Å²) in [5, 5.41) is 56.1. The van der Waals surface area contributed by atoms with Gasteiger partial charge in [-0.05, 0) is 62.2 Å². The molecule has 0 bridgehead atoms. The van der Waals surface area contributed by atoms with Crippen LogP contribution >= 0.6 is 11.6 Å². The molecule has 1 amide bonds. The lowest BCUT2D eigenvalue weighted by molar-refractivity contribution is -0.155. The molecule has 1 aliphatic carbocycles. The minimum Gasteiger partial charge on any atom is -0.451 e. The number of nitrogens with one attached hydrogen (secondary N) is 2. The standard InChI is InChI=1S/C31H36ClFN2O11/c1-14(29(40)34-21-22(36)24(38)27-26(23(21)37)42-13-43-27)9-16-7-8-20(19(33)11-16)45-30-31(3,41)28(39)25(46-30)15(2)35-44-12-17-5-4-6-18(32)10-17/h4-11,21-24,26-28,30,35-39,41H,12-13H2,1-3H3,(H,34,40)/t21-,22+,23-,24-,26+,27-,28+,30-,31-/m1/s1. The molecule has 0 radical (unpaired) electrons. The Kier molecular flexibility index (Phi) is 10.2. The molecule has 0 unspecified atom stereocenters. The van der Waals surface area contributed by atoms with Crippen molar-refractivity contribution in [1.29, 1.82) is 0 Å². The molecule has 2 heterocycles. The molecule has 2 saturated heterocycles. The van der Waals surface area contributed by atoms with E-state index in [4.69, 9.17) is 35.4 Å². The lowest BCUT2D eigenvalue weighted by Gasteiger charge is -2.41. The van der Waals surface area contributed by atoms with E-state index in [2.05, 4.69) is 10.8 Å². The average Bonchev–Trinajstić information content (AvgIpc) is 3.59. The Morgan fingerprint density at radius 3 is 2.50 bits per heavy atom. The van der Waals surface area contributed by atoms with Crippen LogP contribution < -0.4 is 15.5 Å². The fraction of sp³-hybridized carbons (Fsp3) is 0.452. The minimum atomic E-state index is -1.97. The number of rotatable bonds is 9. The molecule has 2 aromatic rings. The number of hydroxylamine groups is 1. The number of benzene rings is 2. The molecule has 3 fully saturated rings.